The minimum absolute atomic E-state index is 0.711. The number of fused-ring (bicyclic) bond motifs is 1. The van der Waals surface area contributed by atoms with Gasteiger partial charge in [0.15, 0.2) is 0 Å². The summed E-state index contributed by atoms with van der Waals surface area (Å²) in [5.74, 6) is 0. The molecule has 0 unspecified atom stereocenters. The number of para-hydroxylation sites is 1. The third kappa shape index (κ3) is 5.34. The first-order valence-electron chi connectivity index (χ1n) is 9.51. The van der Waals surface area contributed by atoms with Crippen LogP contribution in [0.15, 0.2) is 54.7 Å². The van der Waals surface area contributed by atoms with Gasteiger partial charge in [0.25, 0.3) is 0 Å². The van der Waals surface area contributed by atoms with E-state index in [1.807, 2.05) is 42.6 Å². The van der Waals surface area contributed by atoms with Crippen molar-refractivity contribution in [2.24, 2.45) is 0 Å². The lowest BCUT2D eigenvalue weighted by Gasteiger charge is -2.22. The normalized spacial score (nSPS) is 11.2. The molecule has 0 aliphatic rings. The predicted octanol–water partition coefficient (Wildman–Crippen LogP) is 5.18. The summed E-state index contributed by atoms with van der Waals surface area (Å²) in [5.41, 5.74) is 10.2. The molecule has 1 heterocycles. The van der Waals surface area contributed by atoms with Gasteiger partial charge in [0, 0.05) is 47.6 Å². The van der Waals surface area contributed by atoms with Gasteiger partial charge in [-0.25, -0.2) is 0 Å². The fourth-order valence-electron chi connectivity index (χ4n) is 3.31. The number of rotatable bonds is 9. The standard InChI is InChI=1S/C22H27ClN4/c1-2-13-27(16-17-6-3-4-7-20(17)24)14-5-11-25-21-10-12-26-22-15-18(23)8-9-19(21)22/h3-4,6-10,12,15H,2,5,11,13-14,16,24H2,1H3,(H,25,26). The zero-order valence-corrected chi connectivity index (χ0v) is 16.5. The largest absolute Gasteiger partial charge is 0.398 e. The second-order valence-corrected chi connectivity index (χ2v) is 7.21. The van der Waals surface area contributed by atoms with Crippen molar-refractivity contribution in [3.05, 3.63) is 65.3 Å². The smallest absolute Gasteiger partial charge is 0.0737 e. The fraction of sp³-hybridized carbons (Fsp3) is 0.318. The molecule has 0 aliphatic heterocycles. The molecule has 0 atom stereocenters. The Hall–Kier alpha value is -2.30. The van der Waals surface area contributed by atoms with Crippen molar-refractivity contribution >= 4 is 33.9 Å². The van der Waals surface area contributed by atoms with Gasteiger partial charge in [0.2, 0.25) is 0 Å². The Morgan fingerprint density at radius 3 is 2.78 bits per heavy atom. The van der Waals surface area contributed by atoms with Gasteiger partial charge in [-0.15, -0.1) is 0 Å². The first-order valence-corrected chi connectivity index (χ1v) is 9.89. The molecule has 0 saturated heterocycles. The molecule has 0 fully saturated rings. The van der Waals surface area contributed by atoms with E-state index in [2.05, 4.69) is 34.3 Å². The van der Waals surface area contributed by atoms with Crippen LogP contribution in [0.3, 0.4) is 0 Å². The summed E-state index contributed by atoms with van der Waals surface area (Å²) in [6.45, 7) is 6.13. The Labute approximate surface area is 166 Å². The fourth-order valence-corrected chi connectivity index (χ4v) is 3.47. The van der Waals surface area contributed by atoms with E-state index in [4.69, 9.17) is 17.3 Å². The van der Waals surface area contributed by atoms with E-state index in [1.54, 1.807) is 0 Å². The molecule has 5 heteroatoms. The zero-order valence-electron chi connectivity index (χ0n) is 15.8. The molecule has 0 radical (unpaired) electrons. The van der Waals surface area contributed by atoms with Gasteiger partial charge in [0.05, 0.1) is 5.52 Å². The van der Waals surface area contributed by atoms with Crippen LogP contribution >= 0.6 is 11.6 Å². The number of nitrogen functional groups attached to an aromatic ring is 1. The summed E-state index contributed by atoms with van der Waals surface area (Å²) in [7, 11) is 0. The second-order valence-electron chi connectivity index (χ2n) is 6.78. The van der Waals surface area contributed by atoms with Crippen LogP contribution in [0.5, 0.6) is 0 Å². The van der Waals surface area contributed by atoms with E-state index < -0.39 is 0 Å². The number of nitrogens with one attached hydrogen (secondary N) is 1. The van der Waals surface area contributed by atoms with Gasteiger partial charge in [-0.3, -0.25) is 9.88 Å². The highest BCUT2D eigenvalue weighted by molar-refractivity contribution is 6.31. The Morgan fingerprint density at radius 2 is 1.96 bits per heavy atom. The van der Waals surface area contributed by atoms with Crippen LogP contribution in [0.1, 0.15) is 25.3 Å². The Bertz CT molecular complexity index is 881. The molecule has 1 aromatic heterocycles. The maximum Gasteiger partial charge on any atom is 0.0737 e. The summed E-state index contributed by atoms with van der Waals surface area (Å²) in [6.07, 6.45) is 4.02. The Balaban J connectivity index is 1.56. The van der Waals surface area contributed by atoms with Crippen molar-refractivity contribution in [3.8, 4) is 0 Å². The van der Waals surface area contributed by atoms with Crippen molar-refractivity contribution in [3.63, 3.8) is 0 Å². The van der Waals surface area contributed by atoms with Crippen molar-refractivity contribution in [1.29, 1.82) is 0 Å². The van der Waals surface area contributed by atoms with Crippen LogP contribution in [0, 0.1) is 0 Å². The average molecular weight is 383 g/mol. The maximum atomic E-state index is 6.10. The molecule has 142 valence electrons. The topological polar surface area (TPSA) is 54.2 Å². The van der Waals surface area contributed by atoms with Crippen LogP contribution in [0.2, 0.25) is 5.02 Å². The molecular weight excluding hydrogens is 356 g/mol. The zero-order chi connectivity index (χ0) is 19.1. The van der Waals surface area contributed by atoms with E-state index in [9.17, 15) is 0 Å². The summed E-state index contributed by atoms with van der Waals surface area (Å²) in [4.78, 5) is 6.86. The predicted molar refractivity (Wildman–Crippen MR) is 116 cm³/mol. The number of benzene rings is 2. The number of nitrogens with zero attached hydrogens (tertiary/aromatic N) is 2. The molecule has 3 N–H and O–H groups in total. The molecular formula is C22H27ClN4. The van der Waals surface area contributed by atoms with Gasteiger partial charge in [-0.2, -0.15) is 0 Å². The van der Waals surface area contributed by atoms with E-state index in [-0.39, 0.29) is 0 Å². The monoisotopic (exact) mass is 382 g/mol. The number of pyridine rings is 1. The number of aromatic nitrogens is 1. The summed E-state index contributed by atoms with van der Waals surface area (Å²) >= 11 is 6.07. The Kier molecular flexibility index (Phi) is 6.91. The van der Waals surface area contributed by atoms with Gasteiger partial charge in [0.1, 0.15) is 0 Å². The summed E-state index contributed by atoms with van der Waals surface area (Å²) < 4.78 is 0. The van der Waals surface area contributed by atoms with Crippen molar-refractivity contribution < 1.29 is 0 Å². The van der Waals surface area contributed by atoms with E-state index >= 15 is 0 Å². The van der Waals surface area contributed by atoms with Crippen LogP contribution < -0.4 is 11.1 Å². The number of hydrogen-bond donors (Lipinski definition) is 2. The summed E-state index contributed by atoms with van der Waals surface area (Å²) in [6, 6.07) is 16.0. The van der Waals surface area contributed by atoms with Gasteiger partial charge < -0.3 is 11.1 Å². The molecule has 27 heavy (non-hydrogen) atoms. The lowest BCUT2D eigenvalue weighted by atomic mass is 10.1. The minimum atomic E-state index is 0.711. The molecule has 0 amide bonds. The molecule has 0 saturated carbocycles. The van der Waals surface area contributed by atoms with Crippen molar-refractivity contribution in [2.75, 3.05) is 30.7 Å². The third-order valence-electron chi connectivity index (χ3n) is 4.66. The van der Waals surface area contributed by atoms with Crippen LogP contribution in [-0.4, -0.2) is 29.5 Å². The molecule has 2 aromatic carbocycles. The van der Waals surface area contributed by atoms with E-state index in [1.165, 1.54) is 5.56 Å². The van der Waals surface area contributed by atoms with Gasteiger partial charge >= 0.3 is 0 Å². The number of anilines is 2. The number of hydrogen-bond acceptors (Lipinski definition) is 4. The van der Waals surface area contributed by atoms with E-state index in [0.29, 0.717) is 5.02 Å². The highest BCUT2D eigenvalue weighted by atomic mass is 35.5. The minimum Gasteiger partial charge on any atom is -0.398 e. The highest BCUT2D eigenvalue weighted by Crippen LogP contribution is 2.24. The van der Waals surface area contributed by atoms with Crippen LogP contribution in [-0.2, 0) is 6.54 Å². The maximum absolute atomic E-state index is 6.10. The molecule has 3 rings (SSSR count). The second kappa shape index (κ2) is 9.58. The molecule has 3 aromatic rings. The molecule has 0 aliphatic carbocycles. The Morgan fingerprint density at radius 1 is 1.11 bits per heavy atom. The van der Waals surface area contributed by atoms with E-state index in [0.717, 1.165) is 61.3 Å². The van der Waals surface area contributed by atoms with Crippen LogP contribution in [0.25, 0.3) is 10.9 Å². The number of nitrogens with two attached hydrogens (primary N) is 1. The lowest BCUT2D eigenvalue weighted by molar-refractivity contribution is 0.265. The van der Waals surface area contributed by atoms with Crippen LogP contribution in [0.4, 0.5) is 11.4 Å². The summed E-state index contributed by atoms with van der Waals surface area (Å²) in [5, 5.41) is 5.36. The molecule has 4 nitrogen and oxygen atoms in total. The lowest BCUT2D eigenvalue weighted by Crippen LogP contribution is -2.27. The van der Waals surface area contributed by atoms with Gasteiger partial charge in [-0.1, -0.05) is 36.7 Å². The molecule has 0 spiro atoms. The van der Waals surface area contributed by atoms with Gasteiger partial charge in [-0.05, 0) is 55.3 Å². The first kappa shape index (κ1) is 19.5. The van der Waals surface area contributed by atoms with Crippen molar-refractivity contribution in [2.45, 2.75) is 26.3 Å². The quantitative estimate of drug-likeness (QED) is 0.395. The highest BCUT2D eigenvalue weighted by Gasteiger charge is 2.08. The number of halogens is 1. The average Bonchev–Trinajstić information content (AvgIpc) is 2.66. The molecule has 0 bridgehead atoms. The van der Waals surface area contributed by atoms with Crippen molar-refractivity contribution in [1.82, 2.24) is 9.88 Å². The third-order valence-corrected chi connectivity index (χ3v) is 4.90. The first-order chi connectivity index (χ1) is 13.2. The SMILES string of the molecule is CCCN(CCCNc1ccnc2cc(Cl)ccc12)Cc1ccccc1N.